The first-order valence-electron chi connectivity index (χ1n) is 10.3. The molecule has 1 fully saturated rings. The number of pyridine rings is 1. The van der Waals surface area contributed by atoms with Crippen LogP contribution in [0.3, 0.4) is 0 Å². The topological polar surface area (TPSA) is 78.3 Å². The highest BCUT2D eigenvalue weighted by Crippen LogP contribution is 2.41. The van der Waals surface area contributed by atoms with Crippen molar-refractivity contribution in [1.82, 2.24) is 14.8 Å². The van der Waals surface area contributed by atoms with Crippen molar-refractivity contribution in [2.75, 3.05) is 18.5 Å². The maximum atomic E-state index is 13.3. The summed E-state index contributed by atoms with van der Waals surface area (Å²) in [5, 5.41) is 8.54. The predicted molar refractivity (Wildman–Crippen MR) is 115 cm³/mol. The number of fused-ring (bicyclic) bond motifs is 2. The fourth-order valence-electron chi connectivity index (χ4n) is 3.66. The zero-order valence-electron chi connectivity index (χ0n) is 16.9. The van der Waals surface area contributed by atoms with Gasteiger partial charge in [-0.15, -0.1) is 0 Å². The molecule has 1 amide bonds. The van der Waals surface area contributed by atoms with Gasteiger partial charge in [0.2, 0.25) is 0 Å². The Morgan fingerprint density at radius 1 is 1.20 bits per heavy atom. The fraction of sp³-hybridized carbons (Fsp3) is 0.409. The van der Waals surface area contributed by atoms with Crippen LogP contribution in [0.5, 0.6) is 11.5 Å². The van der Waals surface area contributed by atoms with E-state index in [2.05, 4.69) is 24.3 Å². The van der Waals surface area contributed by atoms with E-state index in [0.29, 0.717) is 46.9 Å². The maximum Gasteiger partial charge on any atom is 0.256 e. The van der Waals surface area contributed by atoms with E-state index in [1.807, 2.05) is 10.7 Å². The van der Waals surface area contributed by atoms with Gasteiger partial charge in [0.1, 0.15) is 0 Å². The van der Waals surface area contributed by atoms with Crippen LogP contribution in [0.4, 0.5) is 5.69 Å². The molecule has 8 heteroatoms. The minimum Gasteiger partial charge on any atom is -0.490 e. The second-order valence-corrected chi connectivity index (χ2v) is 8.48. The first-order chi connectivity index (χ1) is 14.5. The average molecular weight is 427 g/mol. The Hall–Kier alpha value is -2.80. The number of aromatic nitrogens is 3. The number of rotatable bonds is 4. The van der Waals surface area contributed by atoms with Crippen molar-refractivity contribution in [2.45, 2.75) is 45.1 Å². The summed E-state index contributed by atoms with van der Waals surface area (Å²) in [5.41, 5.74) is 2.72. The number of carbonyl (C=O) groups is 1. The Labute approximate surface area is 179 Å². The molecule has 0 radical (unpaired) electrons. The average Bonchev–Trinajstić information content (AvgIpc) is 3.51. The van der Waals surface area contributed by atoms with E-state index in [-0.39, 0.29) is 11.9 Å². The summed E-state index contributed by atoms with van der Waals surface area (Å²) in [5.74, 6) is 1.34. The lowest BCUT2D eigenvalue weighted by Gasteiger charge is -2.14. The van der Waals surface area contributed by atoms with Gasteiger partial charge in [-0.05, 0) is 32.8 Å². The van der Waals surface area contributed by atoms with Crippen LogP contribution in [0.15, 0.2) is 24.4 Å². The molecule has 1 aliphatic carbocycles. The molecule has 5 rings (SSSR count). The van der Waals surface area contributed by atoms with Crippen LogP contribution in [-0.2, 0) is 0 Å². The molecular formula is C22H23ClN4O3. The van der Waals surface area contributed by atoms with Crippen molar-refractivity contribution in [3.63, 3.8) is 0 Å². The van der Waals surface area contributed by atoms with Crippen molar-refractivity contribution < 1.29 is 14.3 Å². The van der Waals surface area contributed by atoms with Gasteiger partial charge < -0.3 is 14.8 Å². The van der Waals surface area contributed by atoms with E-state index in [1.165, 1.54) is 0 Å². The normalized spacial score (nSPS) is 16.0. The molecule has 156 valence electrons. The number of hydrogen-bond acceptors (Lipinski definition) is 5. The SMILES string of the molecule is CC(C)n1ncc2c(C(=O)Nc3cc4c(cc3Cl)OCCCO4)cc(C3CC3)nc21. The van der Waals surface area contributed by atoms with Gasteiger partial charge in [0, 0.05) is 36.2 Å². The number of hydrogen-bond donors (Lipinski definition) is 1. The summed E-state index contributed by atoms with van der Waals surface area (Å²) >= 11 is 6.42. The van der Waals surface area contributed by atoms with Gasteiger partial charge in [-0.1, -0.05) is 11.6 Å². The standard InChI is InChI=1S/C22H23ClN4O3/c1-12(2)27-21-15(11-24-27)14(8-17(25-21)13-4-5-13)22(28)26-18-10-20-19(9-16(18)23)29-6-3-7-30-20/h8-13H,3-7H2,1-2H3,(H,26,28). The van der Waals surface area contributed by atoms with Crippen molar-refractivity contribution >= 4 is 34.2 Å². The highest BCUT2D eigenvalue weighted by Gasteiger charge is 2.28. The third-order valence-electron chi connectivity index (χ3n) is 5.40. The lowest BCUT2D eigenvalue weighted by atomic mass is 10.1. The van der Waals surface area contributed by atoms with Crippen LogP contribution in [0.1, 0.15) is 61.1 Å². The lowest BCUT2D eigenvalue weighted by molar-refractivity contribution is 0.102. The van der Waals surface area contributed by atoms with Crippen molar-refractivity contribution in [2.24, 2.45) is 0 Å². The molecule has 0 unspecified atom stereocenters. The molecule has 1 saturated carbocycles. The van der Waals surface area contributed by atoms with E-state index in [9.17, 15) is 4.79 Å². The van der Waals surface area contributed by atoms with Crippen LogP contribution in [0.2, 0.25) is 5.02 Å². The monoisotopic (exact) mass is 426 g/mol. The summed E-state index contributed by atoms with van der Waals surface area (Å²) in [6, 6.07) is 5.44. The zero-order valence-corrected chi connectivity index (χ0v) is 17.7. The van der Waals surface area contributed by atoms with E-state index < -0.39 is 0 Å². The molecule has 1 aliphatic heterocycles. The molecule has 0 atom stereocenters. The van der Waals surface area contributed by atoms with Gasteiger partial charge >= 0.3 is 0 Å². The van der Waals surface area contributed by atoms with E-state index in [0.717, 1.165) is 36.0 Å². The van der Waals surface area contributed by atoms with Gasteiger partial charge in [0.15, 0.2) is 17.1 Å². The molecule has 30 heavy (non-hydrogen) atoms. The molecule has 1 aromatic carbocycles. The Bertz CT molecular complexity index is 1140. The molecule has 1 N–H and O–H groups in total. The van der Waals surface area contributed by atoms with Gasteiger partial charge in [0.25, 0.3) is 5.91 Å². The summed E-state index contributed by atoms with van der Waals surface area (Å²) in [4.78, 5) is 18.1. The summed E-state index contributed by atoms with van der Waals surface area (Å²) < 4.78 is 13.3. The molecule has 2 aromatic heterocycles. The minimum absolute atomic E-state index is 0.150. The maximum absolute atomic E-state index is 13.3. The second kappa shape index (κ2) is 7.47. The van der Waals surface area contributed by atoms with Crippen molar-refractivity contribution in [1.29, 1.82) is 0 Å². The van der Waals surface area contributed by atoms with Crippen molar-refractivity contribution in [3.8, 4) is 11.5 Å². The van der Waals surface area contributed by atoms with Gasteiger partial charge in [-0.3, -0.25) is 4.79 Å². The Kier molecular flexibility index (Phi) is 4.77. The third-order valence-corrected chi connectivity index (χ3v) is 5.71. The van der Waals surface area contributed by atoms with E-state index >= 15 is 0 Å². The Morgan fingerprint density at radius 3 is 2.63 bits per heavy atom. The molecule has 0 bridgehead atoms. The van der Waals surface area contributed by atoms with Crippen LogP contribution < -0.4 is 14.8 Å². The molecular weight excluding hydrogens is 404 g/mol. The summed E-state index contributed by atoms with van der Waals surface area (Å²) in [6.45, 7) is 5.24. The smallest absolute Gasteiger partial charge is 0.256 e. The van der Waals surface area contributed by atoms with E-state index in [1.54, 1.807) is 18.3 Å². The number of halogens is 1. The number of carbonyl (C=O) groups excluding carboxylic acids is 1. The Morgan fingerprint density at radius 2 is 1.93 bits per heavy atom. The lowest BCUT2D eigenvalue weighted by Crippen LogP contribution is -2.14. The van der Waals surface area contributed by atoms with Crippen LogP contribution in [0, 0.1) is 0 Å². The van der Waals surface area contributed by atoms with Crippen LogP contribution in [0.25, 0.3) is 11.0 Å². The number of nitrogens with one attached hydrogen (secondary N) is 1. The largest absolute Gasteiger partial charge is 0.490 e. The summed E-state index contributed by atoms with van der Waals surface area (Å²) in [6.07, 6.45) is 4.71. The molecule has 0 saturated heterocycles. The van der Waals surface area contributed by atoms with Crippen LogP contribution >= 0.6 is 11.6 Å². The second-order valence-electron chi connectivity index (χ2n) is 8.07. The highest BCUT2D eigenvalue weighted by molar-refractivity contribution is 6.34. The fourth-order valence-corrected chi connectivity index (χ4v) is 3.86. The Balaban J connectivity index is 1.53. The first-order valence-corrected chi connectivity index (χ1v) is 10.7. The number of amides is 1. The zero-order chi connectivity index (χ0) is 20.8. The van der Waals surface area contributed by atoms with E-state index in [4.69, 9.17) is 26.1 Å². The molecule has 3 heterocycles. The molecule has 7 nitrogen and oxygen atoms in total. The molecule has 0 spiro atoms. The number of benzene rings is 1. The molecule has 2 aliphatic rings. The third kappa shape index (κ3) is 3.47. The van der Waals surface area contributed by atoms with Gasteiger partial charge in [-0.25, -0.2) is 9.67 Å². The number of ether oxygens (including phenoxy) is 2. The van der Waals surface area contributed by atoms with Crippen LogP contribution in [-0.4, -0.2) is 33.9 Å². The van der Waals surface area contributed by atoms with Gasteiger partial charge in [-0.2, -0.15) is 5.10 Å². The predicted octanol–water partition coefficient (Wildman–Crippen LogP) is 4.96. The number of anilines is 1. The highest BCUT2D eigenvalue weighted by atomic mass is 35.5. The quantitative estimate of drug-likeness (QED) is 0.638. The number of nitrogens with zero attached hydrogens (tertiary/aromatic N) is 3. The minimum atomic E-state index is -0.246. The van der Waals surface area contributed by atoms with Crippen molar-refractivity contribution in [3.05, 3.63) is 40.7 Å². The molecule has 3 aromatic rings. The summed E-state index contributed by atoms with van der Waals surface area (Å²) in [7, 11) is 0. The van der Waals surface area contributed by atoms with Gasteiger partial charge in [0.05, 0.1) is 41.1 Å². The first kappa shape index (κ1) is 19.2.